The highest BCUT2D eigenvalue weighted by molar-refractivity contribution is 5.85. The molecule has 0 aliphatic carbocycles. The zero-order valence-electron chi connectivity index (χ0n) is 26.1. The number of hydrogen-bond donors (Lipinski definition) is 3. The lowest BCUT2D eigenvalue weighted by Gasteiger charge is -2.28. The van der Waals surface area contributed by atoms with E-state index >= 15 is 0 Å². The van der Waals surface area contributed by atoms with Crippen LogP contribution in [-0.2, 0) is 14.3 Å². The number of rotatable bonds is 8. The molecular formula is C34H33F3N6O5. The molecule has 0 unspecified atom stereocenters. The summed E-state index contributed by atoms with van der Waals surface area (Å²) in [6.45, 7) is 6.69. The SMILES string of the molecule is CC(C)[C@H](Nc1ccc(-c2c(/C=C/c3ccc4ccccc4n3)nc3c(N4CCOCC4)ccnn23)cc1)C(=O)O.O=C(O)C(F)(F)F. The first-order chi connectivity index (χ1) is 22.9. The Morgan fingerprint density at radius 2 is 1.62 bits per heavy atom. The number of aromatic nitrogens is 4. The minimum absolute atomic E-state index is 0.0609. The number of alkyl halides is 3. The van der Waals surface area contributed by atoms with E-state index in [1.165, 1.54) is 0 Å². The number of morpholine rings is 1. The van der Waals surface area contributed by atoms with E-state index in [1.54, 1.807) is 6.20 Å². The van der Waals surface area contributed by atoms with E-state index in [1.807, 2.05) is 91.2 Å². The second-order valence-corrected chi connectivity index (χ2v) is 11.2. The number of nitrogens with one attached hydrogen (secondary N) is 1. The zero-order chi connectivity index (χ0) is 34.4. The molecule has 1 saturated heterocycles. The third-order valence-electron chi connectivity index (χ3n) is 7.56. The van der Waals surface area contributed by atoms with E-state index in [0.29, 0.717) is 13.2 Å². The zero-order valence-corrected chi connectivity index (χ0v) is 26.1. The van der Waals surface area contributed by atoms with Gasteiger partial charge in [0, 0.05) is 29.7 Å². The van der Waals surface area contributed by atoms with Crippen molar-refractivity contribution in [1.82, 2.24) is 19.6 Å². The summed E-state index contributed by atoms with van der Waals surface area (Å²) in [4.78, 5) is 32.7. The maximum atomic E-state index is 11.7. The molecule has 0 bridgehead atoms. The molecule has 0 saturated carbocycles. The molecule has 3 N–H and O–H groups in total. The van der Waals surface area contributed by atoms with Crippen LogP contribution in [0.5, 0.6) is 0 Å². The third-order valence-corrected chi connectivity index (χ3v) is 7.56. The molecule has 2 aromatic carbocycles. The van der Waals surface area contributed by atoms with Crippen molar-refractivity contribution in [3.05, 3.63) is 84.3 Å². The van der Waals surface area contributed by atoms with Crippen molar-refractivity contribution in [3.63, 3.8) is 0 Å². The van der Waals surface area contributed by atoms with Crippen LogP contribution in [0.15, 0.2) is 72.9 Å². The van der Waals surface area contributed by atoms with Gasteiger partial charge in [-0.05, 0) is 48.4 Å². The molecule has 4 heterocycles. The smallest absolute Gasteiger partial charge is 0.480 e. The fraction of sp³-hybridized carbons (Fsp3) is 0.265. The van der Waals surface area contributed by atoms with E-state index in [0.717, 1.165) is 63.7 Å². The van der Waals surface area contributed by atoms with Crippen molar-refractivity contribution in [3.8, 4) is 11.3 Å². The number of benzene rings is 2. The lowest BCUT2D eigenvalue weighted by atomic mass is 10.0. The highest BCUT2D eigenvalue weighted by atomic mass is 19.4. The molecule has 1 aliphatic heterocycles. The Labute approximate surface area is 273 Å². The Kier molecular flexibility index (Phi) is 10.2. The number of halogens is 3. The third kappa shape index (κ3) is 7.89. The molecule has 5 aromatic rings. The van der Waals surface area contributed by atoms with Gasteiger partial charge in [0.1, 0.15) is 11.7 Å². The van der Waals surface area contributed by atoms with Crippen molar-refractivity contribution in [2.24, 2.45) is 5.92 Å². The first-order valence-electron chi connectivity index (χ1n) is 15.1. The van der Waals surface area contributed by atoms with Crippen molar-refractivity contribution in [1.29, 1.82) is 0 Å². The fourth-order valence-corrected chi connectivity index (χ4v) is 5.15. The van der Waals surface area contributed by atoms with E-state index in [9.17, 15) is 23.1 Å². The van der Waals surface area contributed by atoms with Crippen molar-refractivity contribution in [2.75, 3.05) is 36.5 Å². The molecule has 14 heteroatoms. The summed E-state index contributed by atoms with van der Waals surface area (Å²) in [5, 5.41) is 25.7. The number of carboxylic acids is 2. The molecular weight excluding hydrogens is 629 g/mol. The van der Waals surface area contributed by atoms with Gasteiger partial charge in [0.15, 0.2) is 5.65 Å². The maximum Gasteiger partial charge on any atom is 0.490 e. The molecule has 0 radical (unpaired) electrons. The van der Waals surface area contributed by atoms with Gasteiger partial charge < -0.3 is 25.2 Å². The van der Waals surface area contributed by atoms with Gasteiger partial charge in [0.2, 0.25) is 0 Å². The van der Waals surface area contributed by atoms with Gasteiger partial charge >= 0.3 is 18.1 Å². The normalized spacial score (nSPS) is 14.2. The summed E-state index contributed by atoms with van der Waals surface area (Å²) < 4.78 is 39.2. The van der Waals surface area contributed by atoms with Crippen LogP contribution in [0.3, 0.4) is 0 Å². The summed E-state index contributed by atoms with van der Waals surface area (Å²) in [6.07, 6.45) is 0.676. The van der Waals surface area contributed by atoms with Crippen molar-refractivity contribution in [2.45, 2.75) is 26.1 Å². The number of fused-ring (bicyclic) bond motifs is 2. The predicted octanol–water partition coefficient (Wildman–Crippen LogP) is 6.11. The number of anilines is 2. The van der Waals surface area contributed by atoms with E-state index < -0.39 is 24.2 Å². The minimum Gasteiger partial charge on any atom is -0.480 e. The summed E-state index contributed by atoms with van der Waals surface area (Å²) >= 11 is 0. The van der Waals surface area contributed by atoms with Crippen molar-refractivity contribution >= 4 is 52.0 Å². The average molecular weight is 663 g/mol. The monoisotopic (exact) mass is 662 g/mol. The number of hydrogen-bond acceptors (Lipinski definition) is 8. The van der Waals surface area contributed by atoms with E-state index in [-0.39, 0.29) is 5.92 Å². The molecule has 250 valence electrons. The first-order valence-corrected chi connectivity index (χ1v) is 15.1. The van der Waals surface area contributed by atoms with Gasteiger partial charge in [-0.2, -0.15) is 18.3 Å². The lowest BCUT2D eigenvalue weighted by molar-refractivity contribution is -0.192. The van der Waals surface area contributed by atoms with Gasteiger partial charge in [-0.3, -0.25) is 0 Å². The molecule has 3 aromatic heterocycles. The van der Waals surface area contributed by atoms with Gasteiger partial charge in [0.25, 0.3) is 0 Å². The topological polar surface area (TPSA) is 142 Å². The number of imidazole rings is 1. The van der Waals surface area contributed by atoms with E-state index in [2.05, 4.69) is 16.3 Å². The first kappa shape index (κ1) is 33.9. The van der Waals surface area contributed by atoms with Crippen LogP contribution in [0, 0.1) is 5.92 Å². The van der Waals surface area contributed by atoms with Crippen LogP contribution < -0.4 is 10.2 Å². The molecule has 6 rings (SSSR count). The number of ether oxygens (including phenoxy) is 1. The lowest BCUT2D eigenvalue weighted by Crippen LogP contribution is -2.36. The van der Waals surface area contributed by atoms with Crippen LogP contribution in [-0.4, -0.2) is 80.3 Å². The Morgan fingerprint density at radius 1 is 0.938 bits per heavy atom. The molecule has 1 fully saturated rings. The fourth-order valence-electron chi connectivity index (χ4n) is 5.15. The summed E-state index contributed by atoms with van der Waals surface area (Å²) in [6, 6.07) is 21.2. The minimum atomic E-state index is -5.08. The van der Waals surface area contributed by atoms with Gasteiger partial charge in [-0.15, -0.1) is 0 Å². The van der Waals surface area contributed by atoms with Gasteiger partial charge in [-0.1, -0.05) is 50.2 Å². The van der Waals surface area contributed by atoms with Crippen LogP contribution in [0.1, 0.15) is 25.2 Å². The molecule has 48 heavy (non-hydrogen) atoms. The number of nitrogens with zero attached hydrogens (tertiary/aromatic N) is 5. The standard InChI is InChI=1S/C32H32N6O3.C2HF3O2/c1-21(2)29(32(39)40)35-25-11-8-23(9-12-25)30-27(14-13-24-10-7-22-5-3-4-6-26(22)34-24)36-31-28(15-16-33-38(30)31)37-17-19-41-20-18-37;3-2(4,5)1(6)7/h3-16,21,29,35H,17-20H2,1-2H3,(H,39,40);(H,6,7)/b14-13+;/t29-;/m0./s1. The second-order valence-electron chi connectivity index (χ2n) is 11.2. The number of aliphatic carboxylic acids is 2. The number of carbonyl (C=O) groups is 2. The van der Waals surface area contributed by atoms with Crippen LogP contribution >= 0.6 is 0 Å². The quantitative estimate of drug-likeness (QED) is 0.178. The predicted molar refractivity (Wildman–Crippen MR) is 176 cm³/mol. The molecule has 1 aliphatic rings. The second kappa shape index (κ2) is 14.5. The van der Waals surface area contributed by atoms with Crippen LogP contribution in [0.4, 0.5) is 24.5 Å². The molecule has 0 spiro atoms. The number of pyridine rings is 1. The Balaban J connectivity index is 0.000000582. The van der Waals surface area contributed by atoms with Gasteiger partial charge in [0.05, 0.1) is 42.0 Å². The number of para-hydroxylation sites is 1. The van der Waals surface area contributed by atoms with Crippen LogP contribution in [0.25, 0.3) is 40.0 Å². The Hall–Kier alpha value is -5.50. The summed E-state index contributed by atoms with van der Waals surface area (Å²) in [5.74, 6) is -3.69. The molecule has 11 nitrogen and oxygen atoms in total. The highest BCUT2D eigenvalue weighted by Gasteiger charge is 2.38. The molecule has 1 atom stereocenters. The Bertz CT molecular complexity index is 1940. The molecule has 0 amide bonds. The highest BCUT2D eigenvalue weighted by Crippen LogP contribution is 2.32. The van der Waals surface area contributed by atoms with Gasteiger partial charge in [-0.25, -0.2) is 24.1 Å². The summed E-state index contributed by atoms with van der Waals surface area (Å²) in [7, 11) is 0. The van der Waals surface area contributed by atoms with Crippen LogP contribution in [0.2, 0.25) is 0 Å². The maximum absolute atomic E-state index is 11.7. The average Bonchev–Trinajstić information content (AvgIpc) is 3.45. The largest absolute Gasteiger partial charge is 0.490 e. The number of carboxylic acid groups (broad SMARTS) is 2. The van der Waals surface area contributed by atoms with E-state index in [4.69, 9.17) is 29.7 Å². The van der Waals surface area contributed by atoms with Crippen molar-refractivity contribution < 1.29 is 37.7 Å². The summed E-state index contributed by atoms with van der Waals surface area (Å²) in [5.41, 5.74) is 6.81. The Morgan fingerprint density at radius 3 is 2.27 bits per heavy atom.